The number of para-hydroxylation sites is 1. The number of ether oxygens (including phenoxy) is 2. The van der Waals surface area contributed by atoms with E-state index in [9.17, 15) is 4.79 Å². The zero-order chi connectivity index (χ0) is 14.9. The van der Waals surface area contributed by atoms with Crippen molar-refractivity contribution in [2.45, 2.75) is 12.8 Å². The van der Waals surface area contributed by atoms with Gasteiger partial charge in [0, 0.05) is 5.56 Å². The topological polar surface area (TPSA) is 61.6 Å². The van der Waals surface area contributed by atoms with Gasteiger partial charge >= 0.3 is 0 Å². The quantitative estimate of drug-likeness (QED) is 0.459. The van der Waals surface area contributed by atoms with Gasteiger partial charge < -0.3 is 15.2 Å². The van der Waals surface area contributed by atoms with Gasteiger partial charge in [-0.15, -0.1) is 0 Å². The number of hydrogen-bond donors (Lipinski definition) is 1. The third kappa shape index (κ3) is 4.84. The summed E-state index contributed by atoms with van der Waals surface area (Å²) in [4.78, 5) is 10.6. The zero-order valence-electron chi connectivity index (χ0n) is 11.8. The van der Waals surface area contributed by atoms with Gasteiger partial charge in [-0.25, -0.2) is 0 Å². The van der Waals surface area contributed by atoms with E-state index < -0.39 is 0 Å². The van der Waals surface area contributed by atoms with Gasteiger partial charge in [-0.3, -0.25) is 4.79 Å². The zero-order valence-corrected chi connectivity index (χ0v) is 11.8. The Morgan fingerprint density at radius 3 is 2.33 bits per heavy atom. The Labute approximate surface area is 124 Å². The van der Waals surface area contributed by atoms with Crippen LogP contribution in [0, 0.1) is 0 Å². The Morgan fingerprint density at radius 1 is 0.952 bits per heavy atom. The number of rotatable bonds is 8. The maximum absolute atomic E-state index is 10.6. The van der Waals surface area contributed by atoms with Crippen molar-refractivity contribution in [3.05, 3.63) is 54.1 Å². The maximum atomic E-state index is 10.6. The van der Waals surface area contributed by atoms with E-state index in [2.05, 4.69) is 0 Å². The minimum Gasteiger partial charge on any atom is -0.494 e. The minimum absolute atomic E-state index is 0.486. The van der Waals surface area contributed by atoms with E-state index in [0.29, 0.717) is 30.2 Å². The van der Waals surface area contributed by atoms with Gasteiger partial charge in [-0.2, -0.15) is 0 Å². The van der Waals surface area contributed by atoms with Crippen LogP contribution in [-0.4, -0.2) is 19.5 Å². The van der Waals surface area contributed by atoms with Crippen LogP contribution in [0.25, 0.3) is 0 Å². The largest absolute Gasteiger partial charge is 0.494 e. The fraction of sp³-hybridized carbons (Fsp3) is 0.235. The molecule has 0 atom stereocenters. The molecule has 110 valence electrons. The second kappa shape index (κ2) is 7.94. The van der Waals surface area contributed by atoms with Crippen molar-refractivity contribution in [2.24, 2.45) is 0 Å². The number of aldehydes is 1. The highest BCUT2D eigenvalue weighted by atomic mass is 16.5. The first-order chi connectivity index (χ1) is 10.3. The summed E-state index contributed by atoms with van der Waals surface area (Å²) in [7, 11) is 0. The molecule has 0 heterocycles. The Morgan fingerprint density at radius 2 is 1.67 bits per heavy atom. The number of nitrogen functional groups attached to an aromatic ring is 1. The third-order valence-electron chi connectivity index (χ3n) is 2.98. The summed E-state index contributed by atoms with van der Waals surface area (Å²) in [5.74, 6) is 1.50. The second-order valence-electron chi connectivity index (χ2n) is 4.63. The van der Waals surface area contributed by atoms with Crippen molar-refractivity contribution in [1.29, 1.82) is 0 Å². The predicted molar refractivity (Wildman–Crippen MR) is 82.9 cm³/mol. The van der Waals surface area contributed by atoms with Gasteiger partial charge in [0.1, 0.15) is 17.8 Å². The molecule has 0 saturated carbocycles. The molecule has 2 rings (SSSR count). The highest BCUT2D eigenvalue weighted by Crippen LogP contribution is 2.22. The molecular formula is C17H19NO3. The predicted octanol–water partition coefficient (Wildman–Crippen LogP) is 3.32. The average molecular weight is 285 g/mol. The maximum Gasteiger partial charge on any atom is 0.150 e. The number of carbonyl (C=O) groups is 1. The Balaban J connectivity index is 1.65. The van der Waals surface area contributed by atoms with Crippen LogP contribution < -0.4 is 15.2 Å². The first-order valence-electron chi connectivity index (χ1n) is 6.95. The number of anilines is 1. The molecule has 0 amide bonds. The molecule has 0 aliphatic heterocycles. The van der Waals surface area contributed by atoms with Gasteiger partial charge in [0.15, 0.2) is 0 Å². The van der Waals surface area contributed by atoms with Crippen LogP contribution in [0.15, 0.2) is 48.5 Å². The van der Waals surface area contributed by atoms with Crippen molar-refractivity contribution in [3.8, 4) is 11.5 Å². The van der Waals surface area contributed by atoms with E-state index >= 15 is 0 Å². The number of nitrogens with two attached hydrogens (primary N) is 1. The van der Waals surface area contributed by atoms with Crippen LogP contribution >= 0.6 is 0 Å². The summed E-state index contributed by atoms with van der Waals surface area (Å²) in [5.41, 5.74) is 6.84. The Kier molecular flexibility index (Phi) is 5.64. The van der Waals surface area contributed by atoms with E-state index in [0.717, 1.165) is 24.9 Å². The van der Waals surface area contributed by atoms with Gasteiger partial charge in [-0.05, 0) is 43.2 Å². The molecule has 0 aromatic heterocycles. The molecule has 21 heavy (non-hydrogen) atoms. The molecule has 0 saturated heterocycles. The molecule has 2 aromatic rings. The monoisotopic (exact) mass is 285 g/mol. The highest BCUT2D eigenvalue weighted by Gasteiger charge is 2.01. The smallest absolute Gasteiger partial charge is 0.150 e. The molecule has 4 nitrogen and oxygen atoms in total. The molecule has 0 radical (unpaired) electrons. The summed E-state index contributed by atoms with van der Waals surface area (Å²) in [6.07, 6.45) is 2.55. The first kappa shape index (κ1) is 14.9. The molecular weight excluding hydrogens is 266 g/mol. The standard InChI is InChI=1S/C17H19NO3/c18-16-12-14(13-19)8-9-17(16)21-11-5-4-10-20-15-6-2-1-3-7-15/h1-3,6-9,12-13H,4-5,10-11,18H2. The SMILES string of the molecule is Nc1cc(C=O)ccc1OCCCCOc1ccccc1. The van der Waals surface area contributed by atoms with Crippen LogP contribution in [0.2, 0.25) is 0 Å². The van der Waals surface area contributed by atoms with Gasteiger partial charge in [-0.1, -0.05) is 18.2 Å². The number of hydrogen-bond acceptors (Lipinski definition) is 4. The minimum atomic E-state index is 0.486. The van der Waals surface area contributed by atoms with E-state index in [1.807, 2.05) is 30.3 Å². The lowest BCUT2D eigenvalue weighted by molar-refractivity contribution is 0.112. The summed E-state index contributed by atoms with van der Waals surface area (Å²) in [5, 5.41) is 0. The van der Waals surface area contributed by atoms with E-state index in [4.69, 9.17) is 15.2 Å². The van der Waals surface area contributed by atoms with Gasteiger partial charge in [0.2, 0.25) is 0 Å². The lowest BCUT2D eigenvalue weighted by Gasteiger charge is -2.09. The summed E-state index contributed by atoms with van der Waals surface area (Å²) in [6, 6.07) is 14.8. The summed E-state index contributed by atoms with van der Waals surface area (Å²) < 4.78 is 11.2. The van der Waals surface area contributed by atoms with Crippen LogP contribution in [0.3, 0.4) is 0 Å². The highest BCUT2D eigenvalue weighted by molar-refractivity contribution is 5.78. The van der Waals surface area contributed by atoms with Crippen LogP contribution in [0.1, 0.15) is 23.2 Å². The van der Waals surface area contributed by atoms with Crippen molar-refractivity contribution < 1.29 is 14.3 Å². The van der Waals surface area contributed by atoms with Crippen LogP contribution in [0.4, 0.5) is 5.69 Å². The second-order valence-corrected chi connectivity index (χ2v) is 4.63. The summed E-state index contributed by atoms with van der Waals surface area (Å²) in [6.45, 7) is 1.23. The van der Waals surface area contributed by atoms with Gasteiger partial charge in [0.25, 0.3) is 0 Å². The molecule has 0 aliphatic carbocycles. The van der Waals surface area contributed by atoms with Crippen molar-refractivity contribution in [1.82, 2.24) is 0 Å². The lowest BCUT2D eigenvalue weighted by Crippen LogP contribution is -2.04. The Hall–Kier alpha value is -2.49. The molecule has 0 spiro atoms. The van der Waals surface area contributed by atoms with Crippen LogP contribution in [0.5, 0.6) is 11.5 Å². The average Bonchev–Trinajstić information content (AvgIpc) is 2.53. The number of unbranched alkanes of at least 4 members (excludes halogenated alkanes) is 1. The molecule has 4 heteroatoms. The third-order valence-corrected chi connectivity index (χ3v) is 2.98. The van der Waals surface area contributed by atoms with Crippen molar-refractivity contribution >= 4 is 12.0 Å². The fourth-order valence-corrected chi connectivity index (χ4v) is 1.86. The molecule has 2 aromatic carbocycles. The molecule has 0 fully saturated rings. The Bertz CT molecular complexity index is 570. The first-order valence-corrected chi connectivity index (χ1v) is 6.95. The van der Waals surface area contributed by atoms with E-state index in [1.54, 1.807) is 18.2 Å². The molecule has 0 bridgehead atoms. The van der Waals surface area contributed by atoms with Crippen molar-refractivity contribution in [2.75, 3.05) is 18.9 Å². The number of carbonyl (C=O) groups excluding carboxylic acids is 1. The molecule has 0 unspecified atom stereocenters. The lowest BCUT2D eigenvalue weighted by atomic mass is 10.2. The van der Waals surface area contributed by atoms with Crippen molar-refractivity contribution in [3.63, 3.8) is 0 Å². The van der Waals surface area contributed by atoms with Crippen LogP contribution in [-0.2, 0) is 0 Å². The van der Waals surface area contributed by atoms with E-state index in [1.165, 1.54) is 0 Å². The molecule has 0 aliphatic rings. The normalized spacial score (nSPS) is 10.1. The summed E-state index contributed by atoms with van der Waals surface area (Å²) >= 11 is 0. The van der Waals surface area contributed by atoms with E-state index in [-0.39, 0.29) is 0 Å². The van der Waals surface area contributed by atoms with Gasteiger partial charge in [0.05, 0.1) is 18.9 Å². The number of benzene rings is 2. The fourth-order valence-electron chi connectivity index (χ4n) is 1.86. The molecule has 2 N–H and O–H groups in total.